The number of carbonyl (C=O) groups is 1. The number of carbonyl (C=O) groups excluding carboxylic acids is 1. The van der Waals surface area contributed by atoms with Gasteiger partial charge in [-0.1, -0.05) is 17.7 Å². The van der Waals surface area contributed by atoms with Gasteiger partial charge < -0.3 is 9.73 Å². The highest BCUT2D eigenvalue weighted by molar-refractivity contribution is 8.04. The summed E-state index contributed by atoms with van der Waals surface area (Å²) in [5.41, 5.74) is 3.67. The number of oxazole rings is 1. The van der Waals surface area contributed by atoms with E-state index in [0.717, 1.165) is 22.8 Å². The Labute approximate surface area is 147 Å². The Hall–Kier alpha value is -2.49. The largest absolute Gasteiger partial charge is 0.436 e. The lowest BCUT2D eigenvalue weighted by atomic mass is 10.2. The van der Waals surface area contributed by atoms with Crippen molar-refractivity contribution in [2.45, 2.75) is 6.92 Å². The number of fused-ring (bicyclic) bond motifs is 1. The van der Waals surface area contributed by atoms with E-state index in [1.807, 2.05) is 30.5 Å². The van der Waals surface area contributed by atoms with Gasteiger partial charge in [0.05, 0.1) is 16.3 Å². The van der Waals surface area contributed by atoms with E-state index >= 15 is 0 Å². The lowest BCUT2D eigenvalue weighted by Gasteiger charge is -2.06. The number of amides is 1. The third-order valence-corrected chi connectivity index (χ3v) is 4.16. The van der Waals surface area contributed by atoms with Gasteiger partial charge in [-0.25, -0.2) is 4.98 Å². The molecule has 1 N–H and O–H groups in total. The summed E-state index contributed by atoms with van der Waals surface area (Å²) in [5, 5.41) is 13.5. The van der Waals surface area contributed by atoms with Crippen LogP contribution >= 0.6 is 23.4 Å². The Morgan fingerprint density at radius 2 is 2.21 bits per heavy atom. The number of benzene rings is 2. The number of hydrogen-bond acceptors (Lipinski definition) is 5. The molecule has 1 heterocycles. The van der Waals surface area contributed by atoms with Crippen molar-refractivity contribution in [3.63, 3.8) is 0 Å². The summed E-state index contributed by atoms with van der Waals surface area (Å²) < 4.78 is 5.76. The Balaban J connectivity index is 1.93. The summed E-state index contributed by atoms with van der Waals surface area (Å²) >= 11 is 7.13. The van der Waals surface area contributed by atoms with E-state index in [0.29, 0.717) is 27.7 Å². The van der Waals surface area contributed by atoms with Gasteiger partial charge in [-0.3, -0.25) is 4.79 Å². The van der Waals surface area contributed by atoms with E-state index < -0.39 is 0 Å². The zero-order chi connectivity index (χ0) is 17.1. The van der Waals surface area contributed by atoms with Crippen LogP contribution < -0.4 is 5.32 Å². The molecular weight excluding hydrogens is 346 g/mol. The van der Waals surface area contributed by atoms with Crippen LogP contribution in [0.3, 0.4) is 0 Å². The fourth-order valence-electron chi connectivity index (χ4n) is 2.21. The van der Waals surface area contributed by atoms with Crippen LogP contribution in [0, 0.1) is 17.6 Å². The Morgan fingerprint density at radius 1 is 1.38 bits per heavy atom. The molecule has 0 saturated carbocycles. The molecule has 120 valence electrons. The number of anilines is 1. The maximum atomic E-state index is 11.7. The first-order valence-electron chi connectivity index (χ1n) is 7.04. The number of aryl methyl sites for hydroxylation is 1. The van der Waals surface area contributed by atoms with Gasteiger partial charge in [0.1, 0.15) is 10.9 Å². The standard InChI is InChI=1S/C17H12ClN3O2S/c1-10-2-5-15-14(6-10)21-17(23-15)12-7-11(3-4-13(12)18)20-16(22)8-24-9-19/h2-7H,8H2,1H3,(H,20,22). The second kappa shape index (κ2) is 6.95. The molecule has 2 aromatic carbocycles. The van der Waals surface area contributed by atoms with Gasteiger partial charge in [-0.15, -0.1) is 0 Å². The van der Waals surface area contributed by atoms with Crippen LogP contribution in [0.15, 0.2) is 40.8 Å². The molecule has 0 saturated heterocycles. The van der Waals surface area contributed by atoms with Crippen LogP contribution in [0.5, 0.6) is 0 Å². The van der Waals surface area contributed by atoms with Crippen LogP contribution in [-0.2, 0) is 4.79 Å². The van der Waals surface area contributed by atoms with E-state index in [1.165, 1.54) is 0 Å². The van der Waals surface area contributed by atoms with Crippen molar-refractivity contribution < 1.29 is 9.21 Å². The molecule has 0 aliphatic heterocycles. The molecule has 0 aliphatic rings. The highest BCUT2D eigenvalue weighted by Crippen LogP contribution is 2.32. The van der Waals surface area contributed by atoms with E-state index in [9.17, 15) is 4.79 Å². The predicted octanol–water partition coefficient (Wildman–Crippen LogP) is 4.61. The Morgan fingerprint density at radius 3 is 3.00 bits per heavy atom. The summed E-state index contributed by atoms with van der Waals surface area (Å²) in [4.78, 5) is 16.2. The van der Waals surface area contributed by atoms with Crippen molar-refractivity contribution in [2.75, 3.05) is 11.1 Å². The molecular formula is C17H12ClN3O2S. The number of aromatic nitrogens is 1. The monoisotopic (exact) mass is 357 g/mol. The fraction of sp³-hybridized carbons (Fsp3) is 0.118. The average molecular weight is 358 g/mol. The van der Waals surface area contributed by atoms with Crippen molar-refractivity contribution in [2.24, 2.45) is 0 Å². The number of nitriles is 1. The summed E-state index contributed by atoms with van der Waals surface area (Å²) in [6.45, 7) is 1.98. The molecule has 0 radical (unpaired) electrons. The van der Waals surface area contributed by atoms with Gasteiger partial charge >= 0.3 is 0 Å². The van der Waals surface area contributed by atoms with E-state index in [1.54, 1.807) is 18.2 Å². The molecule has 0 fully saturated rings. The molecule has 7 heteroatoms. The van der Waals surface area contributed by atoms with Crippen molar-refractivity contribution in [3.05, 3.63) is 47.0 Å². The summed E-state index contributed by atoms with van der Waals surface area (Å²) in [7, 11) is 0. The molecule has 3 aromatic rings. The predicted molar refractivity (Wildman–Crippen MR) is 95.9 cm³/mol. The molecule has 0 atom stereocenters. The second-order valence-corrected chi connectivity index (χ2v) is 6.28. The van der Waals surface area contributed by atoms with Crippen molar-refractivity contribution in [3.8, 4) is 16.9 Å². The van der Waals surface area contributed by atoms with Gasteiger partial charge in [0.2, 0.25) is 11.8 Å². The molecule has 1 aromatic heterocycles. The Bertz CT molecular complexity index is 962. The summed E-state index contributed by atoms with van der Waals surface area (Å²) in [6.07, 6.45) is 0. The second-order valence-electron chi connectivity index (χ2n) is 5.11. The van der Waals surface area contributed by atoms with Crippen molar-refractivity contribution in [1.82, 2.24) is 4.98 Å². The summed E-state index contributed by atoms with van der Waals surface area (Å²) in [6, 6.07) is 10.8. The van der Waals surface area contributed by atoms with Gasteiger partial charge in [-0.2, -0.15) is 5.26 Å². The molecule has 24 heavy (non-hydrogen) atoms. The van der Waals surface area contributed by atoms with Gasteiger partial charge in [0, 0.05) is 5.69 Å². The van der Waals surface area contributed by atoms with Crippen LogP contribution in [0.1, 0.15) is 5.56 Å². The highest BCUT2D eigenvalue weighted by atomic mass is 35.5. The first-order valence-corrected chi connectivity index (χ1v) is 8.41. The molecule has 1 amide bonds. The number of thiocyanates is 1. The fourth-order valence-corrected chi connectivity index (χ4v) is 2.68. The average Bonchev–Trinajstić information content (AvgIpc) is 2.97. The van der Waals surface area contributed by atoms with Crippen LogP contribution in [0.25, 0.3) is 22.6 Å². The maximum Gasteiger partial charge on any atom is 0.235 e. The third kappa shape index (κ3) is 3.53. The zero-order valence-corrected chi connectivity index (χ0v) is 14.2. The molecule has 0 aliphatic carbocycles. The number of nitrogens with zero attached hydrogens (tertiary/aromatic N) is 2. The molecule has 0 spiro atoms. The first-order chi connectivity index (χ1) is 11.6. The number of halogens is 1. The van der Waals surface area contributed by atoms with E-state index in [-0.39, 0.29) is 11.7 Å². The van der Waals surface area contributed by atoms with Gasteiger partial charge in [0.25, 0.3) is 0 Å². The minimum absolute atomic E-state index is 0.0661. The van der Waals surface area contributed by atoms with Crippen LogP contribution in [0.2, 0.25) is 5.02 Å². The summed E-state index contributed by atoms with van der Waals surface area (Å²) in [5.74, 6) is 0.197. The van der Waals surface area contributed by atoms with E-state index in [4.69, 9.17) is 21.3 Å². The topological polar surface area (TPSA) is 78.9 Å². The Kier molecular flexibility index (Phi) is 4.74. The number of nitrogens with one attached hydrogen (secondary N) is 1. The lowest BCUT2D eigenvalue weighted by Crippen LogP contribution is -2.13. The van der Waals surface area contributed by atoms with Crippen molar-refractivity contribution >= 4 is 46.1 Å². The third-order valence-electron chi connectivity index (χ3n) is 3.29. The lowest BCUT2D eigenvalue weighted by molar-refractivity contribution is -0.113. The van der Waals surface area contributed by atoms with Crippen molar-refractivity contribution in [1.29, 1.82) is 5.26 Å². The first kappa shape index (κ1) is 16.4. The smallest absolute Gasteiger partial charge is 0.235 e. The molecule has 0 bridgehead atoms. The number of thioether (sulfide) groups is 1. The van der Waals surface area contributed by atoms with Gasteiger partial charge in [0.15, 0.2) is 5.58 Å². The maximum absolute atomic E-state index is 11.7. The molecule has 0 unspecified atom stereocenters. The number of hydrogen-bond donors (Lipinski definition) is 1. The minimum Gasteiger partial charge on any atom is -0.436 e. The molecule has 5 nitrogen and oxygen atoms in total. The minimum atomic E-state index is -0.261. The zero-order valence-electron chi connectivity index (χ0n) is 12.7. The highest BCUT2D eigenvalue weighted by Gasteiger charge is 2.13. The van der Waals surface area contributed by atoms with Crippen LogP contribution in [0.4, 0.5) is 5.69 Å². The molecule has 3 rings (SSSR count). The SMILES string of the molecule is Cc1ccc2oc(-c3cc(NC(=O)CSC#N)ccc3Cl)nc2c1. The van der Waals surface area contributed by atoms with Crippen LogP contribution in [-0.4, -0.2) is 16.6 Å². The quantitative estimate of drug-likeness (QED) is 0.690. The van der Waals surface area contributed by atoms with E-state index in [2.05, 4.69) is 10.3 Å². The number of rotatable bonds is 4. The normalized spacial score (nSPS) is 10.5. The van der Waals surface area contributed by atoms with Gasteiger partial charge in [-0.05, 0) is 54.6 Å².